The number of amides is 1. The number of nitrogens with zero attached hydrogens (tertiary/aromatic N) is 1. The predicted molar refractivity (Wildman–Crippen MR) is 83.4 cm³/mol. The van der Waals surface area contributed by atoms with Crippen LogP contribution in [-0.4, -0.2) is 28.4 Å². The van der Waals surface area contributed by atoms with Crippen LogP contribution in [0.25, 0.3) is 0 Å². The molecule has 0 bridgehead atoms. The Bertz CT molecular complexity index is 440. The molecule has 1 aromatic rings. The van der Waals surface area contributed by atoms with Crippen LogP contribution in [0.2, 0.25) is 0 Å². The maximum absolute atomic E-state index is 12.4. The van der Waals surface area contributed by atoms with Gasteiger partial charge in [0.05, 0.1) is 4.99 Å². The molecule has 0 unspecified atom stereocenters. The molecule has 0 spiro atoms. The summed E-state index contributed by atoms with van der Waals surface area (Å²) in [7, 11) is 0. The van der Waals surface area contributed by atoms with E-state index in [1.165, 1.54) is 5.56 Å². The Morgan fingerprint density at radius 3 is 2.32 bits per heavy atom. The zero-order valence-corrected chi connectivity index (χ0v) is 12.7. The minimum Gasteiger partial charge on any atom is -0.393 e. The molecule has 0 atom stereocenters. The van der Waals surface area contributed by atoms with E-state index in [1.807, 2.05) is 38.1 Å². The van der Waals surface area contributed by atoms with E-state index in [1.54, 1.807) is 4.90 Å². The number of carbonyl (C=O) groups is 1. The molecule has 0 radical (unpaired) electrons. The average molecular weight is 278 g/mol. The lowest BCUT2D eigenvalue weighted by Gasteiger charge is -2.26. The first kappa shape index (κ1) is 15.6. The number of benzene rings is 1. The van der Waals surface area contributed by atoms with Gasteiger partial charge in [-0.2, -0.15) is 0 Å². The molecule has 0 saturated carbocycles. The molecule has 0 saturated heterocycles. The Hall–Kier alpha value is -1.42. The Balaban J connectivity index is 2.82. The first-order valence-electron chi connectivity index (χ1n) is 6.64. The normalized spacial score (nSPS) is 10.5. The number of hydrogen-bond donors (Lipinski definition) is 1. The van der Waals surface area contributed by atoms with E-state index in [-0.39, 0.29) is 11.9 Å². The first-order chi connectivity index (χ1) is 8.95. The molecular weight excluding hydrogens is 256 g/mol. The van der Waals surface area contributed by atoms with E-state index in [4.69, 9.17) is 18.0 Å². The fourth-order valence-corrected chi connectivity index (χ4v) is 1.97. The minimum absolute atomic E-state index is 0.0360. The fourth-order valence-electron chi connectivity index (χ4n) is 1.87. The molecule has 0 aliphatic heterocycles. The fraction of sp³-hybridized carbons (Fsp3) is 0.467. The van der Waals surface area contributed by atoms with Gasteiger partial charge in [-0.1, -0.05) is 31.3 Å². The number of nitrogens with two attached hydrogens (primary N) is 1. The number of thiocarbonyl (C=S) groups is 1. The van der Waals surface area contributed by atoms with Crippen LogP contribution < -0.4 is 5.73 Å². The highest BCUT2D eigenvalue weighted by atomic mass is 32.1. The van der Waals surface area contributed by atoms with Crippen LogP contribution in [0, 0.1) is 0 Å². The molecule has 4 heteroatoms. The van der Waals surface area contributed by atoms with Crippen LogP contribution in [0.4, 0.5) is 0 Å². The second kappa shape index (κ2) is 7.24. The van der Waals surface area contributed by atoms with E-state index < -0.39 is 0 Å². The zero-order valence-electron chi connectivity index (χ0n) is 11.8. The van der Waals surface area contributed by atoms with Gasteiger partial charge in [-0.25, -0.2) is 0 Å². The summed E-state index contributed by atoms with van der Waals surface area (Å²) in [6, 6.07) is 7.90. The third kappa shape index (κ3) is 4.63. The summed E-state index contributed by atoms with van der Waals surface area (Å²) in [6.07, 6.45) is 1.54. The van der Waals surface area contributed by atoms with Crippen LogP contribution in [0.1, 0.15) is 43.1 Å². The van der Waals surface area contributed by atoms with E-state index in [0.29, 0.717) is 23.5 Å². The molecule has 3 nitrogen and oxygen atoms in total. The van der Waals surface area contributed by atoms with Gasteiger partial charge in [0.1, 0.15) is 0 Å². The lowest BCUT2D eigenvalue weighted by Crippen LogP contribution is -2.38. The van der Waals surface area contributed by atoms with Gasteiger partial charge in [0.15, 0.2) is 0 Å². The lowest BCUT2D eigenvalue weighted by atomic mass is 10.1. The van der Waals surface area contributed by atoms with Crippen LogP contribution in [0.5, 0.6) is 0 Å². The summed E-state index contributed by atoms with van der Waals surface area (Å²) in [5, 5.41) is 0. The largest absolute Gasteiger partial charge is 0.393 e. The topological polar surface area (TPSA) is 46.3 Å². The molecular formula is C15H22N2OS. The molecule has 0 aliphatic rings. The van der Waals surface area contributed by atoms with Gasteiger partial charge >= 0.3 is 0 Å². The number of hydrogen-bond acceptors (Lipinski definition) is 2. The molecule has 0 heterocycles. The maximum atomic E-state index is 12.4. The molecule has 104 valence electrons. The van der Waals surface area contributed by atoms with Crippen LogP contribution in [0.15, 0.2) is 24.3 Å². The summed E-state index contributed by atoms with van der Waals surface area (Å²) < 4.78 is 0. The van der Waals surface area contributed by atoms with Crippen molar-refractivity contribution in [3.05, 3.63) is 35.4 Å². The van der Waals surface area contributed by atoms with Crippen molar-refractivity contribution in [1.29, 1.82) is 0 Å². The molecule has 1 aromatic carbocycles. The van der Waals surface area contributed by atoms with Crippen molar-refractivity contribution < 1.29 is 4.79 Å². The molecule has 1 amide bonds. The molecule has 0 aliphatic carbocycles. The van der Waals surface area contributed by atoms with Crippen molar-refractivity contribution in [3.8, 4) is 0 Å². The van der Waals surface area contributed by atoms with Gasteiger partial charge in [0.25, 0.3) is 5.91 Å². The van der Waals surface area contributed by atoms with Crippen molar-refractivity contribution in [2.45, 2.75) is 39.7 Å². The molecule has 1 rings (SSSR count). The molecule has 0 fully saturated rings. The van der Waals surface area contributed by atoms with E-state index in [9.17, 15) is 4.79 Å². The van der Waals surface area contributed by atoms with Crippen molar-refractivity contribution in [2.75, 3.05) is 6.54 Å². The van der Waals surface area contributed by atoms with Crippen LogP contribution >= 0.6 is 12.2 Å². The number of aryl methyl sites for hydroxylation is 1. The Kier molecular flexibility index (Phi) is 5.96. The van der Waals surface area contributed by atoms with Crippen molar-refractivity contribution >= 4 is 23.1 Å². The van der Waals surface area contributed by atoms with Crippen molar-refractivity contribution in [2.24, 2.45) is 5.73 Å². The van der Waals surface area contributed by atoms with Gasteiger partial charge in [-0.05, 0) is 38.0 Å². The highest BCUT2D eigenvalue weighted by Crippen LogP contribution is 2.11. The van der Waals surface area contributed by atoms with Crippen LogP contribution in [-0.2, 0) is 6.42 Å². The summed E-state index contributed by atoms with van der Waals surface area (Å²) in [5.74, 6) is 0.0360. The summed E-state index contributed by atoms with van der Waals surface area (Å²) >= 11 is 4.88. The Labute approximate surface area is 120 Å². The third-order valence-corrected chi connectivity index (χ3v) is 3.30. The van der Waals surface area contributed by atoms with E-state index in [0.717, 1.165) is 6.42 Å². The van der Waals surface area contributed by atoms with E-state index >= 15 is 0 Å². The standard InChI is InChI=1S/C15H22N2OS/c1-4-12-5-7-13(8-6-12)15(18)17(11(2)3)10-9-14(16)19/h5-8,11H,4,9-10H2,1-3H3,(H2,16,19). The molecule has 2 N–H and O–H groups in total. The summed E-state index contributed by atoms with van der Waals surface area (Å²) in [5.41, 5.74) is 7.46. The van der Waals surface area contributed by atoms with Gasteiger partial charge < -0.3 is 10.6 Å². The van der Waals surface area contributed by atoms with Crippen LogP contribution in [0.3, 0.4) is 0 Å². The third-order valence-electron chi connectivity index (χ3n) is 3.09. The van der Waals surface area contributed by atoms with E-state index in [2.05, 4.69) is 6.92 Å². The smallest absolute Gasteiger partial charge is 0.254 e. The van der Waals surface area contributed by atoms with Gasteiger partial charge in [0, 0.05) is 24.6 Å². The highest BCUT2D eigenvalue weighted by molar-refractivity contribution is 7.80. The number of rotatable bonds is 6. The minimum atomic E-state index is 0.0360. The predicted octanol–water partition coefficient (Wildman–Crippen LogP) is 2.78. The molecule has 19 heavy (non-hydrogen) atoms. The van der Waals surface area contributed by atoms with Gasteiger partial charge in [-0.15, -0.1) is 0 Å². The average Bonchev–Trinajstić information content (AvgIpc) is 2.38. The SMILES string of the molecule is CCc1ccc(C(=O)N(CCC(N)=S)C(C)C)cc1. The second-order valence-electron chi connectivity index (χ2n) is 4.86. The lowest BCUT2D eigenvalue weighted by molar-refractivity contribution is 0.0711. The quantitative estimate of drug-likeness (QED) is 0.814. The highest BCUT2D eigenvalue weighted by Gasteiger charge is 2.18. The summed E-state index contributed by atoms with van der Waals surface area (Å²) in [6.45, 7) is 6.66. The monoisotopic (exact) mass is 278 g/mol. The van der Waals surface area contributed by atoms with Gasteiger partial charge in [-0.3, -0.25) is 4.79 Å². The molecule has 0 aromatic heterocycles. The number of carbonyl (C=O) groups excluding carboxylic acids is 1. The summed E-state index contributed by atoms with van der Waals surface area (Å²) in [4.78, 5) is 14.7. The van der Waals surface area contributed by atoms with Gasteiger partial charge in [0.2, 0.25) is 0 Å². The maximum Gasteiger partial charge on any atom is 0.254 e. The second-order valence-corrected chi connectivity index (χ2v) is 5.38. The Morgan fingerprint density at radius 1 is 1.32 bits per heavy atom. The zero-order chi connectivity index (χ0) is 14.4. The van der Waals surface area contributed by atoms with Crippen molar-refractivity contribution in [1.82, 2.24) is 4.90 Å². The first-order valence-corrected chi connectivity index (χ1v) is 7.04. The van der Waals surface area contributed by atoms with Crippen molar-refractivity contribution in [3.63, 3.8) is 0 Å². The Morgan fingerprint density at radius 2 is 1.89 bits per heavy atom.